The van der Waals surface area contributed by atoms with Crippen LogP contribution in [0.3, 0.4) is 0 Å². The molecule has 0 bridgehead atoms. The summed E-state index contributed by atoms with van der Waals surface area (Å²) in [5, 5.41) is 10.8. The predicted molar refractivity (Wildman–Crippen MR) is 96.4 cm³/mol. The molecule has 0 unspecified atom stereocenters. The number of carbonyl (C=O) groups is 2. The highest BCUT2D eigenvalue weighted by molar-refractivity contribution is 6.60. The summed E-state index contributed by atoms with van der Waals surface area (Å²) in [6.45, 7) is 0. The van der Waals surface area contributed by atoms with E-state index in [2.05, 4.69) is 0 Å². The fourth-order valence-electron chi connectivity index (χ4n) is 2.56. The van der Waals surface area contributed by atoms with Crippen molar-refractivity contribution >= 4 is 52.0 Å². The van der Waals surface area contributed by atoms with Gasteiger partial charge in [-0.15, -0.1) is 0 Å². The van der Waals surface area contributed by atoms with E-state index in [9.17, 15) is 19.7 Å². The van der Waals surface area contributed by atoms with Crippen molar-refractivity contribution in [2.45, 2.75) is 0 Å². The van der Waals surface area contributed by atoms with Crippen molar-refractivity contribution in [3.8, 4) is 5.75 Å². The van der Waals surface area contributed by atoms with E-state index in [1.54, 1.807) is 6.07 Å². The Hall–Kier alpha value is -2.90. The van der Waals surface area contributed by atoms with Gasteiger partial charge in [-0.2, -0.15) is 0 Å². The number of ether oxygens (including phenoxy) is 1. The van der Waals surface area contributed by atoms with E-state index < -0.39 is 16.7 Å². The molecule has 7 nitrogen and oxygen atoms in total. The highest BCUT2D eigenvalue weighted by Gasteiger charge is 2.40. The Morgan fingerprint density at radius 2 is 1.69 bits per heavy atom. The number of hydrogen-bond donors (Lipinski definition) is 0. The number of anilines is 1. The van der Waals surface area contributed by atoms with Crippen LogP contribution >= 0.6 is 23.2 Å². The Bertz CT molecular complexity index is 970. The summed E-state index contributed by atoms with van der Waals surface area (Å²) >= 11 is 12.1. The number of nitrogens with zero attached hydrogens (tertiary/aromatic N) is 2. The predicted octanol–water partition coefficient (Wildman–Crippen LogP) is 3.78. The monoisotopic (exact) mass is 392 g/mol. The van der Waals surface area contributed by atoms with Crippen molar-refractivity contribution in [3.63, 3.8) is 0 Å². The number of nitro benzene ring substituents is 1. The molecule has 3 rings (SSSR count). The zero-order valence-electron chi connectivity index (χ0n) is 13.2. The van der Waals surface area contributed by atoms with Gasteiger partial charge in [-0.3, -0.25) is 19.7 Å². The van der Waals surface area contributed by atoms with Crippen molar-refractivity contribution in [2.75, 3.05) is 12.0 Å². The molecule has 0 atom stereocenters. The second-order valence-electron chi connectivity index (χ2n) is 5.25. The summed E-state index contributed by atoms with van der Waals surface area (Å²) in [6.07, 6.45) is 0. The van der Waals surface area contributed by atoms with Crippen molar-refractivity contribution in [1.82, 2.24) is 0 Å². The molecule has 1 heterocycles. The van der Waals surface area contributed by atoms with Crippen molar-refractivity contribution < 1.29 is 19.2 Å². The van der Waals surface area contributed by atoms with Crippen LogP contribution in [-0.2, 0) is 9.59 Å². The van der Waals surface area contributed by atoms with Crippen LogP contribution in [-0.4, -0.2) is 23.8 Å². The average Bonchev–Trinajstić information content (AvgIpc) is 2.84. The first-order chi connectivity index (χ1) is 12.3. The van der Waals surface area contributed by atoms with Gasteiger partial charge in [-0.1, -0.05) is 23.2 Å². The molecule has 9 heteroatoms. The van der Waals surface area contributed by atoms with Crippen LogP contribution in [0.2, 0.25) is 5.02 Å². The van der Waals surface area contributed by atoms with Crippen LogP contribution in [0.1, 0.15) is 5.56 Å². The third-order valence-electron chi connectivity index (χ3n) is 3.78. The van der Waals surface area contributed by atoms with E-state index in [1.807, 2.05) is 0 Å². The molecule has 0 radical (unpaired) electrons. The molecule has 0 spiro atoms. The summed E-state index contributed by atoms with van der Waals surface area (Å²) in [6, 6.07) is 9.68. The minimum Gasteiger partial charge on any atom is -0.495 e. The Kier molecular flexibility index (Phi) is 4.67. The first kappa shape index (κ1) is 17.9. The van der Waals surface area contributed by atoms with E-state index in [4.69, 9.17) is 27.9 Å². The van der Waals surface area contributed by atoms with E-state index in [1.165, 1.54) is 43.5 Å². The molecule has 0 fully saturated rings. The second kappa shape index (κ2) is 6.78. The number of rotatable bonds is 4. The number of carbonyl (C=O) groups excluding carboxylic acids is 2. The lowest BCUT2D eigenvalue weighted by molar-refractivity contribution is -0.384. The normalized spacial score (nSPS) is 14.2. The SMILES string of the molecule is COc1ccc(Cl)cc1N1C(=O)C(Cl)=C(c2ccc([N+](=O)[O-])cc2)C1=O. The number of non-ortho nitro benzene ring substituents is 1. The summed E-state index contributed by atoms with van der Waals surface area (Å²) in [4.78, 5) is 36.5. The minimum absolute atomic E-state index is 0.0476. The zero-order valence-corrected chi connectivity index (χ0v) is 14.7. The Morgan fingerprint density at radius 1 is 1.04 bits per heavy atom. The van der Waals surface area contributed by atoms with Gasteiger partial charge in [0.05, 0.1) is 23.3 Å². The molecular weight excluding hydrogens is 383 g/mol. The molecule has 0 saturated heterocycles. The maximum absolute atomic E-state index is 12.9. The fraction of sp³-hybridized carbons (Fsp3) is 0.0588. The molecular formula is C17H10Cl2N2O5. The van der Waals surface area contributed by atoms with Gasteiger partial charge < -0.3 is 4.74 Å². The number of benzene rings is 2. The van der Waals surface area contributed by atoms with E-state index in [0.717, 1.165) is 4.90 Å². The third-order valence-corrected chi connectivity index (χ3v) is 4.36. The third kappa shape index (κ3) is 2.91. The van der Waals surface area contributed by atoms with Crippen LogP contribution in [0.4, 0.5) is 11.4 Å². The minimum atomic E-state index is -0.731. The molecule has 0 aliphatic carbocycles. The molecule has 1 aliphatic heterocycles. The molecule has 0 saturated carbocycles. The van der Waals surface area contributed by atoms with Crippen LogP contribution in [0.25, 0.3) is 5.57 Å². The van der Waals surface area contributed by atoms with Gasteiger partial charge in [-0.25, -0.2) is 4.90 Å². The molecule has 2 aromatic rings. The van der Waals surface area contributed by atoms with Crippen LogP contribution < -0.4 is 9.64 Å². The van der Waals surface area contributed by atoms with Gasteiger partial charge in [0.25, 0.3) is 17.5 Å². The Labute approximate surface area is 157 Å². The molecule has 26 heavy (non-hydrogen) atoms. The van der Waals surface area contributed by atoms with Gasteiger partial charge in [0.15, 0.2) is 0 Å². The fourth-order valence-corrected chi connectivity index (χ4v) is 3.00. The van der Waals surface area contributed by atoms with Crippen molar-refractivity contribution in [1.29, 1.82) is 0 Å². The lowest BCUT2D eigenvalue weighted by Gasteiger charge is -2.18. The quantitative estimate of drug-likeness (QED) is 0.448. The van der Waals surface area contributed by atoms with Gasteiger partial charge in [0.1, 0.15) is 10.8 Å². The Balaban J connectivity index is 2.06. The van der Waals surface area contributed by atoms with E-state index in [-0.39, 0.29) is 27.7 Å². The van der Waals surface area contributed by atoms with Crippen molar-refractivity contribution in [2.24, 2.45) is 0 Å². The summed E-state index contributed by atoms with van der Waals surface area (Å²) in [7, 11) is 1.39. The van der Waals surface area contributed by atoms with Gasteiger partial charge in [-0.05, 0) is 35.9 Å². The number of imide groups is 1. The number of hydrogen-bond acceptors (Lipinski definition) is 5. The highest BCUT2D eigenvalue weighted by atomic mass is 35.5. The van der Waals surface area contributed by atoms with Crippen LogP contribution in [0.5, 0.6) is 5.75 Å². The lowest BCUT2D eigenvalue weighted by Crippen LogP contribution is -2.31. The first-order valence-corrected chi connectivity index (χ1v) is 7.97. The molecule has 2 aromatic carbocycles. The van der Waals surface area contributed by atoms with Crippen LogP contribution in [0, 0.1) is 10.1 Å². The molecule has 2 amide bonds. The second-order valence-corrected chi connectivity index (χ2v) is 6.07. The molecule has 132 valence electrons. The maximum atomic E-state index is 12.9. The summed E-state index contributed by atoms with van der Waals surface area (Å²) < 4.78 is 5.19. The summed E-state index contributed by atoms with van der Waals surface area (Å²) in [5.41, 5.74) is 0.261. The Morgan fingerprint density at radius 3 is 2.27 bits per heavy atom. The molecule has 0 N–H and O–H groups in total. The lowest BCUT2D eigenvalue weighted by atomic mass is 10.1. The molecule has 0 aromatic heterocycles. The topological polar surface area (TPSA) is 89.8 Å². The number of halogens is 2. The van der Waals surface area contributed by atoms with Crippen LogP contribution in [0.15, 0.2) is 47.5 Å². The van der Waals surface area contributed by atoms with Gasteiger partial charge in [0, 0.05) is 17.2 Å². The van der Waals surface area contributed by atoms with E-state index >= 15 is 0 Å². The summed E-state index contributed by atoms with van der Waals surface area (Å²) in [5.74, 6) is -1.13. The van der Waals surface area contributed by atoms with E-state index in [0.29, 0.717) is 10.6 Å². The molecule has 1 aliphatic rings. The number of amides is 2. The zero-order chi connectivity index (χ0) is 19.0. The largest absolute Gasteiger partial charge is 0.495 e. The smallest absolute Gasteiger partial charge is 0.277 e. The average molecular weight is 393 g/mol. The first-order valence-electron chi connectivity index (χ1n) is 7.22. The number of nitro groups is 1. The maximum Gasteiger partial charge on any atom is 0.277 e. The standard InChI is InChI=1S/C17H10Cl2N2O5/c1-26-13-7-4-10(18)8-12(13)20-16(22)14(15(19)17(20)23)9-2-5-11(6-3-9)21(24)25/h2-8H,1H3. The highest BCUT2D eigenvalue weighted by Crippen LogP contribution is 2.40. The number of methoxy groups -OCH3 is 1. The van der Waals surface area contributed by atoms with Gasteiger partial charge >= 0.3 is 0 Å². The van der Waals surface area contributed by atoms with Crippen molar-refractivity contribution in [3.05, 3.63) is 68.2 Å². The van der Waals surface area contributed by atoms with Gasteiger partial charge in [0.2, 0.25) is 0 Å².